The van der Waals surface area contributed by atoms with Crippen molar-refractivity contribution in [2.75, 3.05) is 6.54 Å². The van der Waals surface area contributed by atoms with E-state index in [0.29, 0.717) is 12.1 Å². The Morgan fingerprint density at radius 2 is 1.78 bits per heavy atom. The van der Waals surface area contributed by atoms with E-state index in [4.69, 9.17) is 0 Å². The molecule has 2 aromatic rings. The number of benzene rings is 1. The monoisotopic (exact) mass is 401 g/mol. The number of aromatic nitrogens is 2. The molecule has 0 aliphatic heterocycles. The molecule has 27 heavy (non-hydrogen) atoms. The number of hydrogen-bond acceptors (Lipinski definition) is 4. The summed E-state index contributed by atoms with van der Waals surface area (Å²) in [7, 11) is -3.98. The van der Waals surface area contributed by atoms with E-state index >= 15 is 0 Å². The van der Waals surface area contributed by atoms with Gasteiger partial charge in [-0.2, -0.15) is 18.3 Å². The Kier molecular flexibility index (Phi) is 5.38. The molecule has 0 atom stereocenters. The molecule has 0 unspecified atom stereocenters. The predicted molar refractivity (Wildman–Crippen MR) is 91.8 cm³/mol. The maximum absolute atomic E-state index is 12.6. The van der Waals surface area contributed by atoms with Gasteiger partial charge in [0.25, 0.3) is 5.56 Å². The Morgan fingerprint density at radius 3 is 2.44 bits per heavy atom. The highest BCUT2D eigenvalue weighted by molar-refractivity contribution is 7.89. The van der Waals surface area contributed by atoms with Crippen LogP contribution in [0.5, 0.6) is 0 Å². The van der Waals surface area contributed by atoms with Crippen LogP contribution in [0.1, 0.15) is 29.7 Å². The number of rotatable bonds is 5. The second-order valence-electron chi connectivity index (χ2n) is 6.30. The minimum Gasteiger partial charge on any atom is -0.268 e. The fourth-order valence-electron chi connectivity index (χ4n) is 2.95. The number of fused-ring (bicyclic) bond motifs is 1. The van der Waals surface area contributed by atoms with Crippen LogP contribution in [0.25, 0.3) is 0 Å². The molecule has 1 heterocycles. The molecule has 1 aromatic heterocycles. The molecule has 0 radical (unpaired) electrons. The molecular weight excluding hydrogens is 383 g/mol. The van der Waals surface area contributed by atoms with Gasteiger partial charge >= 0.3 is 6.18 Å². The molecular formula is C17H18F3N3O3S. The fraction of sp³-hybridized carbons (Fsp3) is 0.412. The largest absolute Gasteiger partial charge is 0.416 e. The van der Waals surface area contributed by atoms with Crippen molar-refractivity contribution in [1.29, 1.82) is 0 Å². The molecule has 0 amide bonds. The first-order valence-corrected chi connectivity index (χ1v) is 9.92. The van der Waals surface area contributed by atoms with Crippen LogP contribution in [0.4, 0.5) is 13.2 Å². The average molecular weight is 401 g/mol. The Balaban J connectivity index is 1.67. The normalized spacial score (nSPS) is 14.8. The van der Waals surface area contributed by atoms with E-state index in [1.54, 1.807) is 0 Å². The molecule has 1 N–H and O–H groups in total. The Bertz CT molecular complexity index is 983. The lowest BCUT2D eigenvalue weighted by atomic mass is 9.97. The van der Waals surface area contributed by atoms with Gasteiger partial charge in [-0.15, -0.1) is 0 Å². The molecule has 10 heteroatoms. The van der Waals surface area contributed by atoms with Gasteiger partial charge in [0.1, 0.15) is 0 Å². The van der Waals surface area contributed by atoms with Gasteiger partial charge in [-0.1, -0.05) is 0 Å². The Labute approximate surface area is 154 Å². The van der Waals surface area contributed by atoms with Gasteiger partial charge in [-0.05, 0) is 55.5 Å². The van der Waals surface area contributed by atoms with Crippen molar-refractivity contribution >= 4 is 10.0 Å². The van der Waals surface area contributed by atoms with Gasteiger partial charge in [0.05, 0.1) is 22.7 Å². The number of aryl methyl sites for hydroxylation is 2. The molecule has 0 saturated heterocycles. The van der Waals surface area contributed by atoms with E-state index in [1.807, 2.05) is 0 Å². The van der Waals surface area contributed by atoms with Crippen LogP contribution in [0.3, 0.4) is 0 Å². The van der Waals surface area contributed by atoms with E-state index in [2.05, 4.69) is 9.82 Å². The Morgan fingerprint density at radius 1 is 1.11 bits per heavy atom. The lowest BCUT2D eigenvalue weighted by molar-refractivity contribution is -0.137. The van der Waals surface area contributed by atoms with Crippen molar-refractivity contribution < 1.29 is 21.6 Å². The summed E-state index contributed by atoms with van der Waals surface area (Å²) in [6.45, 7) is -0.0684. The van der Waals surface area contributed by atoms with E-state index in [9.17, 15) is 26.4 Å². The molecule has 0 spiro atoms. The third kappa shape index (κ3) is 4.56. The molecule has 0 fully saturated rings. The van der Waals surface area contributed by atoms with E-state index in [0.717, 1.165) is 49.1 Å². The van der Waals surface area contributed by atoms with Crippen molar-refractivity contribution in [3.63, 3.8) is 0 Å². The maximum Gasteiger partial charge on any atom is 0.416 e. The van der Waals surface area contributed by atoms with Gasteiger partial charge in [-0.3, -0.25) is 4.79 Å². The van der Waals surface area contributed by atoms with Crippen LogP contribution in [-0.4, -0.2) is 24.7 Å². The van der Waals surface area contributed by atoms with E-state index in [-0.39, 0.29) is 23.5 Å². The topological polar surface area (TPSA) is 81.1 Å². The minimum atomic E-state index is -4.53. The highest BCUT2D eigenvalue weighted by Crippen LogP contribution is 2.29. The van der Waals surface area contributed by atoms with Crippen LogP contribution >= 0.6 is 0 Å². The number of hydrogen-bond donors (Lipinski definition) is 1. The van der Waals surface area contributed by atoms with Crippen LogP contribution in [0.15, 0.2) is 40.0 Å². The SMILES string of the molecule is O=c1cc2c(nn1CCNS(=O)(=O)c1ccc(C(F)(F)F)cc1)CCCC2. The summed E-state index contributed by atoms with van der Waals surface area (Å²) in [5.74, 6) is 0. The van der Waals surface area contributed by atoms with Gasteiger partial charge in [0.15, 0.2) is 0 Å². The quantitative estimate of drug-likeness (QED) is 0.832. The summed E-state index contributed by atoms with van der Waals surface area (Å²) in [5, 5.41) is 4.29. The number of nitrogens with zero attached hydrogens (tertiary/aromatic N) is 2. The van der Waals surface area contributed by atoms with Crippen LogP contribution < -0.4 is 10.3 Å². The van der Waals surface area contributed by atoms with Gasteiger partial charge in [0, 0.05) is 12.6 Å². The minimum absolute atomic E-state index is 0.0337. The molecule has 1 aliphatic rings. The van der Waals surface area contributed by atoms with Crippen molar-refractivity contribution in [2.45, 2.75) is 43.3 Å². The van der Waals surface area contributed by atoms with Gasteiger partial charge in [0.2, 0.25) is 10.0 Å². The van der Waals surface area contributed by atoms with Crippen molar-refractivity contribution in [3.05, 3.63) is 57.5 Å². The zero-order valence-corrected chi connectivity index (χ0v) is 15.1. The third-order valence-electron chi connectivity index (χ3n) is 4.38. The standard InChI is InChI=1S/C17H18F3N3O3S/c18-17(19,20)13-5-7-14(8-6-13)27(25,26)21-9-10-23-16(24)11-12-3-1-2-4-15(12)22-23/h5-8,11,21H,1-4,9-10H2. The highest BCUT2D eigenvalue weighted by atomic mass is 32.2. The van der Waals surface area contributed by atoms with Crippen LogP contribution in [-0.2, 0) is 35.6 Å². The second kappa shape index (κ2) is 7.43. The summed E-state index contributed by atoms with van der Waals surface area (Å²) in [4.78, 5) is 11.8. The third-order valence-corrected chi connectivity index (χ3v) is 5.86. The molecule has 6 nitrogen and oxygen atoms in total. The first kappa shape index (κ1) is 19.6. The van der Waals surface area contributed by atoms with E-state index in [1.165, 1.54) is 10.7 Å². The Hall–Kier alpha value is -2.20. The fourth-order valence-corrected chi connectivity index (χ4v) is 3.97. The number of nitrogens with one attached hydrogen (secondary N) is 1. The van der Waals surface area contributed by atoms with Gasteiger partial charge in [-0.25, -0.2) is 17.8 Å². The smallest absolute Gasteiger partial charge is 0.268 e. The lowest BCUT2D eigenvalue weighted by Gasteiger charge is -2.16. The van der Waals surface area contributed by atoms with Crippen molar-refractivity contribution in [3.8, 4) is 0 Å². The number of alkyl halides is 3. The summed E-state index contributed by atoms with van der Waals surface area (Å²) in [6, 6.07) is 4.75. The molecule has 0 bridgehead atoms. The molecule has 1 aliphatic carbocycles. The molecule has 1 aromatic carbocycles. The van der Waals surface area contributed by atoms with Crippen molar-refractivity contribution in [1.82, 2.24) is 14.5 Å². The summed E-state index contributed by atoms with van der Waals surface area (Å²) < 4.78 is 65.6. The first-order chi connectivity index (χ1) is 12.7. The van der Waals surface area contributed by atoms with Crippen molar-refractivity contribution in [2.24, 2.45) is 0 Å². The summed E-state index contributed by atoms with van der Waals surface area (Å²) >= 11 is 0. The second-order valence-corrected chi connectivity index (χ2v) is 8.07. The predicted octanol–water partition coefficient (Wildman–Crippen LogP) is 2.12. The first-order valence-electron chi connectivity index (χ1n) is 8.44. The zero-order valence-electron chi connectivity index (χ0n) is 14.3. The number of halogens is 3. The molecule has 3 rings (SSSR count). The highest BCUT2D eigenvalue weighted by Gasteiger charge is 2.30. The average Bonchev–Trinajstić information content (AvgIpc) is 2.61. The lowest BCUT2D eigenvalue weighted by Crippen LogP contribution is -2.33. The van der Waals surface area contributed by atoms with Crippen LogP contribution in [0, 0.1) is 0 Å². The van der Waals surface area contributed by atoms with Gasteiger partial charge < -0.3 is 0 Å². The maximum atomic E-state index is 12.6. The zero-order chi connectivity index (χ0) is 19.7. The number of sulfonamides is 1. The summed E-state index contributed by atoms with van der Waals surface area (Å²) in [6.07, 6.45) is -0.912. The van der Waals surface area contributed by atoms with Crippen LogP contribution in [0.2, 0.25) is 0 Å². The molecule has 146 valence electrons. The van der Waals surface area contributed by atoms with E-state index < -0.39 is 21.8 Å². The summed E-state index contributed by atoms with van der Waals surface area (Å²) in [5.41, 5.74) is 0.565. The molecule has 0 saturated carbocycles.